The molecule has 0 bridgehead atoms. The van der Waals surface area contributed by atoms with Gasteiger partial charge in [-0.05, 0) is 79.5 Å². The van der Waals surface area contributed by atoms with E-state index in [-0.39, 0.29) is 5.41 Å². The molecule has 1 aliphatic rings. The first-order valence-electron chi connectivity index (χ1n) is 16.8. The maximum absolute atomic E-state index is 5.22. The summed E-state index contributed by atoms with van der Waals surface area (Å²) in [7, 11) is 0. The molecular weight excluding hydrogens is 595 g/mol. The highest BCUT2D eigenvalue weighted by atomic mass is 14.9. The molecule has 0 amide bonds. The van der Waals surface area contributed by atoms with E-state index in [9.17, 15) is 0 Å². The summed E-state index contributed by atoms with van der Waals surface area (Å²) in [6, 6.07) is 53.9. The standard InChI is InChI=1S/C46H33N3/c1-46(2)41-17-9-8-16-38(41)40-27-33(22-25-42(40)46)35-23-24-39(37-15-7-6-14-36(35)37)45-48-43(31-11-4-3-5-12-31)28-44(49-45)32-20-18-30(19-21-32)34-13-10-26-47-29-34/h3-29H,1-2H3. The van der Waals surface area contributed by atoms with E-state index in [0.29, 0.717) is 5.82 Å². The van der Waals surface area contributed by atoms with Crippen LogP contribution >= 0.6 is 0 Å². The van der Waals surface area contributed by atoms with Crippen LogP contribution in [0.1, 0.15) is 25.0 Å². The molecular formula is C46H33N3. The number of pyridine rings is 1. The van der Waals surface area contributed by atoms with Gasteiger partial charge in [-0.2, -0.15) is 0 Å². The molecule has 0 spiro atoms. The van der Waals surface area contributed by atoms with Crippen LogP contribution in [0.25, 0.3) is 78.1 Å². The van der Waals surface area contributed by atoms with Crippen molar-refractivity contribution in [3.8, 4) is 67.3 Å². The zero-order chi connectivity index (χ0) is 33.0. The smallest absolute Gasteiger partial charge is 0.161 e. The number of rotatable bonds is 5. The van der Waals surface area contributed by atoms with Crippen LogP contribution in [0.4, 0.5) is 0 Å². The van der Waals surface area contributed by atoms with E-state index in [1.807, 2.05) is 18.3 Å². The monoisotopic (exact) mass is 627 g/mol. The van der Waals surface area contributed by atoms with Gasteiger partial charge in [0.2, 0.25) is 0 Å². The fraction of sp³-hybridized carbons (Fsp3) is 0.0652. The molecule has 0 atom stereocenters. The molecule has 6 aromatic carbocycles. The fourth-order valence-corrected chi connectivity index (χ4v) is 7.47. The summed E-state index contributed by atoms with van der Waals surface area (Å²) in [6.07, 6.45) is 3.69. The molecule has 1 aliphatic carbocycles. The van der Waals surface area contributed by atoms with Crippen LogP contribution in [0.15, 0.2) is 164 Å². The number of benzene rings is 6. The van der Waals surface area contributed by atoms with Gasteiger partial charge in [-0.15, -0.1) is 0 Å². The summed E-state index contributed by atoms with van der Waals surface area (Å²) in [5.74, 6) is 0.708. The molecule has 8 aromatic rings. The van der Waals surface area contributed by atoms with Gasteiger partial charge in [0.05, 0.1) is 11.4 Å². The summed E-state index contributed by atoms with van der Waals surface area (Å²) in [5, 5.41) is 2.31. The summed E-state index contributed by atoms with van der Waals surface area (Å²) < 4.78 is 0. The van der Waals surface area contributed by atoms with E-state index in [1.54, 1.807) is 6.20 Å². The Labute approximate surface area is 286 Å². The Bertz CT molecular complexity index is 2500. The normalized spacial score (nSPS) is 12.9. The van der Waals surface area contributed by atoms with Crippen LogP contribution < -0.4 is 0 Å². The molecule has 0 unspecified atom stereocenters. The minimum Gasteiger partial charge on any atom is -0.264 e. The molecule has 0 radical (unpaired) electrons. The second-order valence-electron chi connectivity index (χ2n) is 13.3. The van der Waals surface area contributed by atoms with Gasteiger partial charge in [0, 0.05) is 34.5 Å². The molecule has 3 heteroatoms. The van der Waals surface area contributed by atoms with Crippen molar-refractivity contribution in [1.82, 2.24) is 15.0 Å². The molecule has 0 saturated heterocycles. The molecule has 232 valence electrons. The lowest BCUT2D eigenvalue weighted by atomic mass is 9.82. The Morgan fingerprint density at radius 1 is 0.408 bits per heavy atom. The van der Waals surface area contributed by atoms with E-state index in [2.05, 4.69) is 158 Å². The van der Waals surface area contributed by atoms with Crippen molar-refractivity contribution in [3.05, 3.63) is 175 Å². The largest absolute Gasteiger partial charge is 0.264 e. The first kappa shape index (κ1) is 29.0. The van der Waals surface area contributed by atoms with Crippen LogP contribution in [0.2, 0.25) is 0 Å². The number of fused-ring (bicyclic) bond motifs is 4. The maximum atomic E-state index is 5.22. The van der Waals surface area contributed by atoms with Crippen LogP contribution in [-0.2, 0) is 5.41 Å². The zero-order valence-corrected chi connectivity index (χ0v) is 27.4. The average Bonchev–Trinajstić information content (AvgIpc) is 3.40. The SMILES string of the molecule is CC1(C)c2ccccc2-c2cc(-c3ccc(-c4nc(-c5ccccc5)cc(-c5ccc(-c6cccnc6)cc5)n4)c4ccccc34)ccc21. The van der Waals surface area contributed by atoms with Gasteiger partial charge >= 0.3 is 0 Å². The first-order chi connectivity index (χ1) is 24.0. The number of hydrogen-bond donors (Lipinski definition) is 0. The third-order valence-corrected chi connectivity index (χ3v) is 10.0. The molecule has 0 N–H and O–H groups in total. The molecule has 0 fully saturated rings. The number of aromatic nitrogens is 3. The summed E-state index contributed by atoms with van der Waals surface area (Å²) in [5.41, 5.74) is 14.9. The highest BCUT2D eigenvalue weighted by Gasteiger charge is 2.35. The maximum Gasteiger partial charge on any atom is 0.161 e. The van der Waals surface area contributed by atoms with Gasteiger partial charge < -0.3 is 0 Å². The predicted molar refractivity (Wildman–Crippen MR) is 202 cm³/mol. The fourth-order valence-electron chi connectivity index (χ4n) is 7.47. The molecule has 0 aliphatic heterocycles. The molecule has 49 heavy (non-hydrogen) atoms. The van der Waals surface area contributed by atoms with Crippen molar-refractivity contribution in [2.75, 3.05) is 0 Å². The average molecular weight is 628 g/mol. The van der Waals surface area contributed by atoms with Gasteiger partial charge in [-0.25, -0.2) is 9.97 Å². The van der Waals surface area contributed by atoms with Gasteiger partial charge in [0.15, 0.2) is 5.82 Å². The first-order valence-corrected chi connectivity index (χ1v) is 16.8. The second-order valence-corrected chi connectivity index (χ2v) is 13.3. The van der Waals surface area contributed by atoms with Gasteiger partial charge in [-0.1, -0.05) is 141 Å². The molecule has 0 saturated carbocycles. The van der Waals surface area contributed by atoms with Crippen molar-refractivity contribution < 1.29 is 0 Å². The van der Waals surface area contributed by atoms with E-state index in [4.69, 9.17) is 9.97 Å². The van der Waals surface area contributed by atoms with Crippen LogP contribution in [0, 0.1) is 0 Å². The Kier molecular flexibility index (Phi) is 6.80. The second kappa shape index (κ2) is 11.5. The molecule has 9 rings (SSSR count). The lowest BCUT2D eigenvalue weighted by Crippen LogP contribution is -2.14. The van der Waals surface area contributed by atoms with Crippen molar-refractivity contribution in [1.29, 1.82) is 0 Å². The zero-order valence-electron chi connectivity index (χ0n) is 27.4. The lowest BCUT2D eigenvalue weighted by molar-refractivity contribution is 0.660. The summed E-state index contributed by atoms with van der Waals surface area (Å²) in [6.45, 7) is 4.66. The van der Waals surface area contributed by atoms with Crippen LogP contribution in [0.5, 0.6) is 0 Å². The highest BCUT2D eigenvalue weighted by Crippen LogP contribution is 2.50. The molecule has 2 aromatic heterocycles. The third-order valence-electron chi connectivity index (χ3n) is 10.0. The van der Waals surface area contributed by atoms with Gasteiger partial charge in [0.1, 0.15) is 0 Å². The minimum absolute atomic E-state index is 0.0196. The van der Waals surface area contributed by atoms with Crippen molar-refractivity contribution >= 4 is 10.8 Å². The van der Waals surface area contributed by atoms with E-state index in [1.165, 1.54) is 38.8 Å². The van der Waals surface area contributed by atoms with Crippen molar-refractivity contribution in [3.63, 3.8) is 0 Å². The minimum atomic E-state index is -0.0196. The quantitative estimate of drug-likeness (QED) is 0.191. The van der Waals surface area contributed by atoms with E-state index >= 15 is 0 Å². The highest BCUT2D eigenvalue weighted by molar-refractivity contribution is 6.05. The third kappa shape index (κ3) is 4.94. The topological polar surface area (TPSA) is 38.7 Å². The Morgan fingerprint density at radius 2 is 1.00 bits per heavy atom. The number of nitrogens with zero attached hydrogens (tertiary/aromatic N) is 3. The van der Waals surface area contributed by atoms with Crippen molar-refractivity contribution in [2.45, 2.75) is 19.3 Å². The molecule has 2 heterocycles. The summed E-state index contributed by atoms with van der Waals surface area (Å²) >= 11 is 0. The van der Waals surface area contributed by atoms with E-state index < -0.39 is 0 Å². The lowest BCUT2D eigenvalue weighted by Gasteiger charge is -2.21. The van der Waals surface area contributed by atoms with Crippen LogP contribution in [-0.4, -0.2) is 15.0 Å². The van der Waals surface area contributed by atoms with Gasteiger partial charge in [0.25, 0.3) is 0 Å². The summed E-state index contributed by atoms with van der Waals surface area (Å²) in [4.78, 5) is 14.7. The molecule has 3 nitrogen and oxygen atoms in total. The van der Waals surface area contributed by atoms with Crippen LogP contribution in [0.3, 0.4) is 0 Å². The van der Waals surface area contributed by atoms with Crippen molar-refractivity contribution in [2.24, 2.45) is 0 Å². The Morgan fingerprint density at radius 3 is 1.76 bits per heavy atom. The Balaban J connectivity index is 1.18. The van der Waals surface area contributed by atoms with E-state index in [0.717, 1.165) is 44.6 Å². The van der Waals surface area contributed by atoms with Gasteiger partial charge in [-0.3, -0.25) is 4.98 Å². The number of hydrogen-bond acceptors (Lipinski definition) is 3. The Hall–Kier alpha value is -6.19. The predicted octanol–water partition coefficient (Wildman–Crippen LogP) is 11.7.